The van der Waals surface area contributed by atoms with Gasteiger partial charge in [0.05, 0.1) is 0 Å². The first-order chi connectivity index (χ1) is 11.8. The molecule has 2 aliphatic rings. The summed E-state index contributed by atoms with van der Waals surface area (Å²) >= 11 is 0. The number of hydrogen-bond donors (Lipinski definition) is 1. The Hall–Kier alpha value is -1.86. The molecule has 5 nitrogen and oxygen atoms in total. The molecule has 1 aliphatic heterocycles. The van der Waals surface area contributed by atoms with E-state index in [0.717, 1.165) is 31.7 Å². The standard InChI is InChI=1S/C17H23F3N4O/c1-11-21-14(17(18,19)20)10-15(22-11)24-8-6-13(7-9-24)23-16(25)12-4-2-3-5-12/h10,12-13H,2-9H2,1H3,(H,23,25). The number of aromatic nitrogens is 2. The molecule has 0 unspecified atom stereocenters. The van der Waals surface area contributed by atoms with E-state index in [0.29, 0.717) is 31.7 Å². The zero-order chi connectivity index (χ0) is 18.0. The first-order valence-electron chi connectivity index (χ1n) is 8.81. The molecule has 1 aromatic rings. The van der Waals surface area contributed by atoms with Crippen molar-refractivity contribution in [2.75, 3.05) is 18.0 Å². The smallest absolute Gasteiger partial charge is 0.356 e. The van der Waals surface area contributed by atoms with Crippen molar-refractivity contribution in [1.82, 2.24) is 15.3 Å². The normalized spacial score (nSPS) is 20.1. The van der Waals surface area contributed by atoms with Crippen molar-refractivity contribution in [3.63, 3.8) is 0 Å². The number of hydrogen-bond acceptors (Lipinski definition) is 4. The van der Waals surface area contributed by atoms with Crippen molar-refractivity contribution in [1.29, 1.82) is 0 Å². The van der Waals surface area contributed by atoms with Crippen molar-refractivity contribution in [2.24, 2.45) is 5.92 Å². The number of nitrogens with zero attached hydrogens (tertiary/aromatic N) is 3. The Bertz CT molecular complexity index is 621. The van der Waals surface area contributed by atoms with Gasteiger partial charge in [-0.3, -0.25) is 4.79 Å². The highest BCUT2D eigenvalue weighted by atomic mass is 19.4. The van der Waals surface area contributed by atoms with Crippen molar-refractivity contribution >= 4 is 11.7 Å². The van der Waals surface area contributed by atoms with E-state index in [-0.39, 0.29) is 23.7 Å². The van der Waals surface area contributed by atoms with Gasteiger partial charge in [0.25, 0.3) is 0 Å². The molecule has 0 aromatic carbocycles. The second-order valence-electron chi connectivity index (χ2n) is 6.91. The Kier molecular flexibility index (Phi) is 5.15. The van der Waals surface area contributed by atoms with Crippen LogP contribution in [0.3, 0.4) is 0 Å². The highest BCUT2D eigenvalue weighted by Gasteiger charge is 2.34. The molecule has 138 valence electrons. The number of carbonyl (C=O) groups excluding carboxylic acids is 1. The van der Waals surface area contributed by atoms with Gasteiger partial charge in [0.1, 0.15) is 17.3 Å². The summed E-state index contributed by atoms with van der Waals surface area (Å²) in [6.07, 6.45) is 1.11. The Morgan fingerprint density at radius 2 is 1.80 bits per heavy atom. The van der Waals surface area contributed by atoms with Crippen LogP contribution in [0, 0.1) is 12.8 Å². The minimum Gasteiger partial charge on any atom is -0.356 e. The molecule has 0 bridgehead atoms. The van der Waals surface area contributed by atoms with Crippen molar-refractivity contribution in [3.8, 4) is 0 Å². The predicted molar refractivity (Wildman–Crippen MR) is 87.1 cm³/mol. The van der Waals surface area contributed by atoms with Crippen LogP contribution in [0.4, 0.5) is 19.0 Å². The van der Waals surface area contributed by atoms with Crippen LogP contribution in [0.25, 0.3) is 0 Å². The van der Waals surface area contributed by atoms with E-state index in [1.807, 2.05) is 4.90 Å². The van der Waals surface area contributed by atoms with Gasteiger partial charge in [0.15, 0.2) is 0 Å². The third-order valence-electron chi connectivity index (χ3n) is 5.01. The van der Waals surface area contributed by atoms with Gasteiger partial charge in [-0.25, -0.2) is 9.97 Å². The summed E-state index contributed by atoms with van der Waals surface area (Å²) in [4.78, 5) is 21.7. The highest BCUT2D eigenvalue weighted by molar-refractivity contribution is 5.79. The predicted octanol–water partition coefficient (Wildman–Crippen LogP) is 3.08. The van der Waals surface area contributed by atoms with Gasteiger partial charge in [-0.2, -0.15) is 13.2 Å². The lowest BCUT2D eigenvalue weighted by Gasteiger charge is -2.33. The summed E-state index contributed by atoms with van der Waals surface area (Å²) in [5, 5.41) is 3.10. The van der Waals surface area contributed by atoms with E-state index in [9.17, 15) is 18.0 Å². The number of rotatable bonds is 3. The number of halogens is 3. The van der Waals surface area contributed by atoms with E-state index >= 15 is 0 Å². The summed E-state index contributed by atoms with van der Waals surface area (Å²) in [5.41, 5.74) is -0.911. The molecule has 0 radical (unpaired) electrons. The molecule has 1 aliphatic carbocycles. The van der Waals surface area contributed by atoms with Crippen LogP contribution in [-0.4, -0.2) is 35.0 Å². The third kappa shape index (κ3) is 4.41. The van der Waals surface area contributed by atoms with Crippen LogP contribution in [0.5, 0.6) is 0 Å². The molecule has 1 aromatic heterocycles. The molecule has 25 heavy (non-hydrogen) atoms. The van der Waals surface area contributed by atoms with E-state index in [2.05, 4.69) is 15.3 Å². The van der Waals surface area contributed by atoms with Crippen LogP contribution < -0.4 is 10.2 Å². The lowest BCUT2D eigenvalue weighted by molar-refractivity contribution is -0.141. The fraction of sp³-hybridized carbons (Fsp3) is 0.706. The molecule has 0 spiro atoms. The van der Waals surface area contributed by atoms with Crippen LogP contribution in [0.2, 0.25) is 0 Å². The first kappa shape index (κ1) is 17.9. The number of anilines is 1. The summed E-state index contributed by atoms with van der Waals surface area (Å²) in [6, 6.07) is 1.10. The molecule has 3 rings (SSSR count). The summed E-state index contributed by atoms with van der Waals surface area (Å²) in [7, 11) is 0. The summed E-state index contributed by atoms with van der Waals surface area (Å²) in [6.45, 7) is 2.61. The first-order valence-corrected chi connectivity index (χ1v) is 8.81. The largest absolute Gasteiger partial charge is 0.433 e. The lowest BCUT2D eigenvalue weighted by Crippen LogP contribution is -2.46. The van der Waals surface area contributed by atoms with Gasteiger partial charge in [0, 0.05) is 31.1 Å². The zero-order valence-electron chi connectivity index (χ0n) is 14.3. The van der Waals surface area contributed by atoms with E-state index in [4.69, 9.17) is 0 Å². The van der Waals surface area contributed by atoms with Crippen molar-refractivity contribution in [3.05, 3.63) is 17.6 Å². The molecule has 2 fully saturated rings. The Morgan fingerprint density at radius 1 is 1.16 bits per heavy atom. The van der Waals surface area contributed by atoms with E-state index < -0.39 is 11.9 Å². The van der Waals surface area contributed by atoms with Crippen molar-refractivity contribution in [2.45, 2.75) is 57.7 Å². The van der Waals surface area contributed by atoms with E-state index in [1.165, 1.54) is 6.92 Å². The zero-order valence-corrected chi connectivity index (χ0v) is 14.3. The number of amides is 1. The third-order valence-corrected chi connectivity index (χ3v) is 5.01. The fourth-order valence-corrected chi connectivity index (χ4v) is 3.62. The lowest BCUT2D eigenvalue weighted by atomic mass is 10.0. The number of nitrogens with one attached hydrogen (secondary N) is 1. The summed E-state index contributed by atoms with van der Waals surface area (Å²) < 4.78 is 38.7. The maximum absolute atomic E-state index is 12.9. The molecule has 0 atom stereocenters. The average Bonchev–Trinajstić information content (AvgIpc) is 3.09. The summed E-state index contributed by atoms with van der Waals surface area (Å²) in [5.74, 6) is 0.687. The van der Waals surface area contributed by atoms with Gasteiger partial charge in [-0.15, -0.1) is 0 Å². The molecule has 8 heteroatoms. The Morgan fingerprint density at radius 3 is 2.40 bits per heavy atom. The minimum absolute atomic E-state index is 0.0920. The van der Waals surface area contributed by atoms with Gasteiger partial charge in [0.2, 0.25) is 5.91 Å². The van der Waals surface area contributed by atoms with Crippen molar-refractivity contribution < 1.29 is 18.0 Å². The molecule has 1 saturated carbocycles. The quantitative estimate of drug-likeness (QED) is 0.904. The Balaban J connectivity index is 1.59. The second-order valence-corrected chi connectivity index (χ2v) is 6.91. The average molecular weight is 356 g/mol. The van der Waals surface area contributed by atoms with Crippen LogP contribution in [0.1, 0.15) is 50.0 Å². The van der Waals surface area contributed by atoms with Gasteiger partial charge in [-0.1, -0.05) is 12.8 Å². The molecular weight excluding hydrogens is 333 g/mol. The number of aryl methyl sites for hydroxylation is 1. The second kappa shape index (κ2) is 7.17. The number of alkyl halides is 3. The monoisotopic (exact) mass is 356 g/mol. The van der Waals surface area contributed by atoms with Crippen LogP contribution >= 0.6 is 0 Å². The van der Waals surface area contributed by atoms with Crippen LogP contribution in [-0.2, 0) is 11.0 Å². The maximum Gasteiger partial charge on any atom is 0.433 e. The maximum atomic E-state index is 12.9. The van der Waals surface area contributed by atoms with Gasteiger partial charge in [-0.05, 0) is 32.6 Å². The number of carbonyl (C=O) groups is 1. The molecule has 1 amide bonds. The van der Waals surface area contributed by atoms with Crippen LogP contribution in [0.15, 0.2) is 6.07 Å². The fourth-order valence-electron chi connectivity index (χ4n) is 3.62. The van der Waals surface area contributed by atoms with E-state index in [1.54, 1.807) is 0 Å². The molecule has 2 heterocycles. The molecular formula is C17H23F3N4O. The minimum atomic E-state index is -4.48. The van der Waals surface area contributed by atoms with Gasteiger partial charge < -0.3 is 10.2 Å². The number of piperidine rings is 1. The Labute approximate surface area is 145 Å². The molecule has 1 N–H and O–H groups in total. The highest BCUT2D eigenvalue weighted by Crippen LogP contribution is 2.30. The SMILES string of the molecule is Cc1nc(N2CCC(NC(=O)C3CCCC3)CC2)cc(C(F)(F)F)n1. The topological polar surface area (TPSA) is 58.1 Å². The van der Waals surface area contributed by atoms with Gasteiger partial charge >= 0.3 is 6.18 Å². The molecule has 1 saturated heterocycles.